The van der Waals surface area contributed by atoms with E-state index in [9.17, 15) is 14.9 Å². The second-order valence-electron chi connectivity index (χ2n) is 5.20. The third kappa shape index (κ3) is 4.81. The topological polar surface area (TPSA) is 81.5 Å². The van der Waals surface area contributed by atoms with Crippen LogP contribution >= 0.6 is 0 Å². The molecule has 6 heteroatoms. The van der Waals surface area contributed by atoms with Crippen LogP contribution in [0.15, 0.2) is 48.5 Å². The fraction of sp³-hybridized carbons (Fsp3) is 0.278. The van der Waals surface area contributed by atoms with Crippen LogP contribution in [0.3, 0.4) is 0 Å². The van der Waals surface area contributed by atoms with E-state index in [0.717, 1.165) is 24.2 Å². The summed E-state index contributed by atoms with van der Waals surface area (Å²) in [6.07, 6.45) is 1.58. The number of nitro groups is 1. The summed E-state index contributed by atoms with van der Waals surface area (Å²) in [7, 11) is 0. The summed E-state index contributed by atoms with van der Waals surface area (Å²) in [5.41, 5.74) is 1.50. The van der Waals surface area contributed by atoms with Gasteiger partial charge in [0.1, 0.15) is 5.75 Å². The summed E-state index contributed by atoms with van der Waals surface area (Å²) in [4.78, 5) is 22.1. The molecule has 0 aliphatic carbocycles. The van der Waals surface area contributed by atoms with Gasteiger partial charge in [-0.3, -0.25) is 14.9 Å². The number of nitrogens with one attached hydrogen (secondary N) is 1. The molecule has 0 heterocycles. The van der Waals surface area contributed by atoms with Crippen molar-refractivity contribution in [2.45, 2.75) is 19.8 Å². The second kappa shape index (κ2) is 8.67. The van der Waals surface area contributed by atoms with Gasteiger partial charge in [0.15, 0.2) is 0 Å². The van der Waals surface area contributed by atoms with Crippen LogP contribution in [0, 0.1) is 10.1 Å². The Balaban J connectivity index is 1.81. The smallest absolute Gasteiger partial charge is 0.269 e. The Morgan fingerprint density at radius 2 is 1.88 bits per heavy atom. The van der Waals surface area contributed by atoms with Gasteiger partial charge in [-0.2, -0.15) is 0 Å². The van der Waals surface area contributed by atoms with Gasteiger partial charge in [-0.25, -0.2) is 0 Å². The molecule has 0 atom stereocenters. The highest BCUT2D eigenvalue weighted by molar-refractivity contribution is 5.94. The van der Waals surface area contributed by atoms with Crippen molar-refractivity contribution in [1.29, 1.82) is 0 Å². The Hall–Kier alpha value is -2.89. The highest BCUT2D eigenvalue weighted by atomic mass is 16.6. The van der Waals surface area contributed by atoms with Crippen LogP contribution in [0.1, 0.15) is 29.3 Å². The molecule has 0 unspecified atom stereocenters. The molecule has 24 heavy (non-hydrogen) atoms. The first-order valence-electron chi connectivity index (χ1n) is 7.85. The zero-order chi connectivity index (χ0) is 17.4. The number of para-hydroxylation sites is 1. The first kappa shape index (κ1) is 17.5. The highest BCUT2D eigenvalue weighted by Crippen LogP contribution is 2.19. The number of non-ortho nitro benzene ring substituents is 1. The van der Waals surface area contributed by atoms with Gasteiger partial charge in [0.2, 0.25) is 0 Å². The molecule has 0 saturated carbocycles. The number of nitrogens with zero attached hydrogens (tertiary/aromatic N) is 1. The number of hydrogen-bond donors (Lipinski definition) is 1. The second-order valence-corrected chi connectivity index (χ2v) is 5.20. The minimum absolute atomic E-state index is 0.0286. The van der Waals surface area contributed by atoms with Crippen LogP contribution in [0.25, 0.3) is 0 Å². The van der Waals surface area contributed by atoms with Gasteiger partial charge in [-0.1, -0.05) is 18.2 Å². The average Bonchev–Trinajstić information content (AvgIpc) is 2.60. The van der Waals surface area contributed by atoms with Gasteiger partial charge >= 0.3 is 0 Å². The van der Waals surface area contributed by atoms with E-state index < -0.39 is 4.92 Å². The van der Waals surface area contributed by atoms with E-state index in [2.05, 4.69) is 5.32 Å². The first-order valence-corrected chi connectivity index (χ1v) is 7.85. The van der Waals surface area contributed by atoms with Crippen molar-refractivity contribution in [3.63, 3.8) is 0 Å². The van der Waals surface area contributed by atoms with Crippen LogP contribution < -0.4 is 10.1 Å². The van der Waals surface area contributed by atoms with Gasteiger partial charge in [0.25, 0.3) is 11.6 Å². The van der Waals surface area contributed by atoms with Crippen LogP contribution in [-0.2, 0) is 6.42 Å². The Labute approximate surface area is 140 Å². The van der Waals surface area contributed by atoms with Gasteiger partial charge in [-0.15, -0.1) is 0 Å². The highest BCUT2D eigenvalue weighted by Gasteiger charge is 2.09. The van der Waals surface area contributed by atoms with E-state index in [4.69, 9.17) is 4.74 Å². The van der Waals surface area contributed by atoms with Gasteiger partial charge in [0.05, 0.1) is 11.5 Å². The van der Waals surface area contributed by atoms with Crippen LogP contribution in [-0.4, -0.2) is 24.0 Å². The normalized spacial score (nSPS) is 10.2. The summed E-state index contributed by atoms with van der Waals surface area (Å²) in [5, 5.41) is 13.4. The summed E-state index contributed by atoms with van der Waals surface area (Å²) < 4.78 is 5.57. The number of ether oxygens (including phenoxy) is 1. The molecule has 126 valence electrons. The molecule has 6 nitrogen and oxygen atoms in total. The summed E-state index contributed by atoms with van der Waals surface area (Å²) in [6.45, 7) is 3.09. The van der Waals surface area contributed by atoms with Crippen LogP contribution in [0.5, 0.6) is 5.75 Å². The van der Waals surface area contributed by atoms with Crippen molar-refractivity contribution in [1.82, 2.24) is 5.32 Å². The molecule has 1 amide bonds. The van der Waals surface area contributed by atoms with Crippen molar-refractivity contribution in [2.75, 3.05) is 13.2 Å². The number of carbonyl (C=O) groups is 1. The molecular weight excluding hydrogens is 308 g/mol. The minimum atomic E-state index is -0.489. The maximum atomic E-state index is 12.0. The van der Waals surface area contributed by atoms with Crippen LogP contribution in [0.4, 0.5) is 5.69 Å². The number of rotatable bonds is 8. The molecule has 0 aromatic heterocycles. The minimum Gasteiger partial charge on any atom is -0.494 e. The van der Waals surface area contributed by atoms with E-state index in [1.165, 1.54) is 24.3 Å². The van der Waals surface area contributed by atoms with E-state index in [1.54, 1.807) is 0 Å². The number of amides is 1. The number of nitro benzene ring substituents is 1. The van der Waals surface area contributed by atoms with Crippen molar-refractivity contribution >= 4 is 11.6 Å². The number of carbonyl (C=O) groups excluding carboxylic acids is 1. The first-order chi connectivity index (χ1) is 11.6. The summed E-state index contributed by atoms with van der Waals surface area (Å²) in [5.74, 6) is 0.643. The van der Waals surface area contributed by atoms with E-state index in [1.807, 2.05) is 31.2 Å². The van der Waals surface area contributed by atoms with E-state index >= 15 is 0 Å². The van der Waals surface area contributed by atoms with E-state index in [0.29, 0.717) is 18.7 Å². The molecule has 0 aliphatic rings. The Kier molecular flexibility index (Phi) is 6.31. The standard InChI is InChI=1S/C18H20N2O4/c1-2-24-17-8-4-3-6-14(17)7-5-13-19-18(21)15-9-11-16(12-10-15)20(22)23/h3-4,6,8-12H,2,5,7,13H2,1H3,(H,19,21). The molecule has 0 fully saturated rings. The lowest BCUT2D eigenvalue weighted by Gasteiger charge is -2.10. The Morgan fingerprint density at radius 1 is 1.17 bits per heavy atom. The van der Waals surface area contributed by atoms with Crippen molar-refractivity contribution in [3.8, 4) is 5.75 Å². The quantitative estimate of drug-likeness (QED) is 0.458. The van der Waals surface area contributed by atoms with Crippen molar-refractivity contribution < 1.29 is 14.5 Å². The Bertz CT molecular complexity index is 698. The lowest BCUT2D eigenvalue weighted by molar-refractivity contribution is -0.384. The van der Waals surface area contributed by atoms with Crippen LogP contribution in [0.2, 0.25) is 0 Å². The predicted molar refractivity (Wildman–Crippen MR) is 91.4 cm³/mol. The maximum Gasteiger partial charge on any atom is 0.269 e. The number of aryl methyl sites for hydroxylation is 1. The molecule has 2 rings (SSSR count). The zero-order valence-corrected chi connectivity index (χ0v) is 13.5. The molecular formula is C18H20N2O4. The fourth-order valence-electron chi connectivity index (χ4n) is 2.32. The molecule has 2 aromatic rings. The molecule has 0 saturated heterocycles. The van der Waals surface area contributed by atoms with Crippen molar-refractivity contribution in [3.05, 3.63) is 69.8 Å². The zero-order valence-electron chi connectivity index (χ0n) is 13.5. The number of benzene rings is 2. The fourth-order valence-corrected chi connectivity index (χ4v) is 2.32. The predicted octanol–water partition coefficient (Wildman–Crippen LogP) is 3.36. The monoisotopic (exact) mass is 328 g/mol. The molecule has 0 bridgehead atoms. The van der Waals surface area contributed by atoms with Crippen molar-refractivity contribution in [2.24, 2.45) is 0 Å². The third-order valence-corrected chi connectivity index (χ3v) is 3.52. The molecule has 0 aliphatic heterocycles. The largest absolute Gasteiger partial charge is 0.494 e. The van der Waals surface area contributed by atoms with Gasteiger partial charge in [0, 0.05) is 24.2 Å². The lowest BCUT2D eigenvalue weighted by Crippen LogP contribution is -2.24. The average molecular weight is 328 g/mol. The maximum absolute atomic E-state index is 12.0. The van der Waals surface area contributed by atoms with Gasteiger partial charge in [-0.05, 0) is 43.5 Å². The third-order valence-electron chi connectivity index (χ3n) is 3.52. The summed E-state index contributed by atoms with van der Waals surface area (Å²) >= 11 is 0. The summed E-state index contributed by atoms with van der Waals surface area (Å²) in [6, 6.07) is 13.4. The SMILES string of the molecule is CCOc1ccccc1CCCNC(=O)c1ccc([N+](=O)[O-])cc1. The molecule has 0 radical (unpaired) electrons. The Morgan fingerprint density at radius 3 is 2.54 bits per heavy atom. The number of hydrogen-bond acceptors (Lipinski definition) is 4. The molecule has 1 N–H and O–H groups in total. The lowest BCUT2D eigenvalue weighted by atomic mass is 10.1. The van der Waals surface area contributed by atoms with Gasteiger partial charge < -0.3 is 10.1 Å². The van der Waals surface area contributed by atoms with E-state index in [-0.39, 0.29) is 11.6 Å². The molecule has 0 spiro atoms. The molecule has 2 aromatic carbocycles.